The SMILES string of the molecule is CC(=O)c1cc([S+](C)[O-])c(O)c2c1CC1CC3C(N(C)C)C(O)=C(C(N)=O)C(=O)C3(O)C(O)=C1C2=O. The molecule has 1 aromatic carbocycles. The third-order valence-corrected chi connectivity index (χ3v) is 8.31. The Labute approximate surface area is 209 Å². The number of nitrogens with two attached hydrogens (primary N) is 1. The van der Waals surface area contributed by atoms with Crippen LogP contribution in [0, 0.1) is 11.8 Å². The molecular formula is C24H26N2O9S. The number of hydrogen-bond acceptors (Lipinski definition) is 10. The zero-order chi connectivity index (χ0) is 27.0. The molecule has 1 aromatic rings. The van der Waals surface area contributed by atoms with Gasteiger partial charge < -0.3 is 30.7 Å². The molecule has 192 valence electrons. The summed E-state index contributed by atoms with van der Waals surface area (Å²) in [5, 5.41) is 44.4. The number of hydrogen-bond donors (Lipinski definition) is 5. The van der Waals surface area contributed by atoms with E-state index >= 15 is 0 Å². The Bertz CT molecular complexity index is 1310. The average molecular weight is 519 g/mol. The zero-order valence-electron chi connectivity index (χ0n) is 20.0. The lowest BCUT2D eigenvalue weighted by Gasteiger charge is -2.50. The van der Waals surface area contributed by atoms with Crippen LogP contribution >= 0.6 is 0 Å². The van der Waals surface area contributed by atoms with Gasteiger partial charge in [-0.3, -0.25) is 24.1 Å². The first kappa shape index (κ1) is 25.9. The minimum absolute atomic E-state index is 0.0202. The van der Waals surface area contributed by atoms with Crippen LogP contribution in [0.1, 0.15) is 39.6 Å². The summed E-state index contributed by atoms with van der Waals surface area (Å²) in [5.41, 5.74) is 1.25. The highest BCUT2D eigenvalue weighted by molar-refractivity contribution is 7.90. The monoisotopic (exact) mass is 518 g/mol. The van der Waals surface area contributed by atoms with Gasteiger partial charge in [-0.15, -0.1) is 0 Å². The van der Waals surface area contributed by atoms with Crippen LogP contribution in [-0.4, -0.2) is 85.1 Å². The summed E-state index contributed by atoms with van der Waals surface area (Å²) in [6.07, 6.45) is 1.15. The first-order chi connectivity index (χ1) is 16.7. The molecule has 3 aliphatic rings. The number of ketones is 3. The molecule has 0 fully saturated rings. The van der Waals surface area contributed by atoms with E-state index in [0.29, 0.717) is 0 Å². The number of allylic oxidation sites excluding steroid dienone is 1. The average Bonchev–Trinajstić information content (AvgIpc) is 2.75. The topological polar surface area (TPSA) is 202 Å². The minimum atomic E-state index is -2.76. The van der Waals surface area contributed by atoms with E-state index in [4.69, 9.17) is 5.73 Å². The highest BCUT2D eigenvalue weighted by atomic mass is 32.2. The molecule has 0 saturated carbocycles. The van der Waals surface area contributed by atoms with Gasteiger partial charge in [0.25, 0.3) is 5.91 Å². The maximum absolute atomic E-state index is 13.7. The van der Waals surface area contributed by atoms with Crippen molar-refractivity contribution < 1.29 is 44.2 Å². The lowest BCUT2D eigenvalue weighted by Crippen LogP contribution is -2.63. The number of aliphatic hydroxyl groups excluding tert-OH is 2. The second-order valence-corrected chi connectivity index (χ2v) is 10.9. The molecule has 4 rings (SSSR count). The van der Waals surface area contributed by atoms with E-state index in [0.717, 1.165) is 0 Å². The number of carbonyl (C=O) groups excluding carboxylic acids is 4. The number of primary amides is 1. The molecule has 12 heteroatoms. The van der Waals surface area contributed by atoms with Crippen molar-refractivity contribution in [3.8, 4) is 5.75 Å². The predicted octanol–water partition coefficient (Wildman–Crippen LogP) is 0.0606. The molecule has 0 aromatic heterocycles. The second-order valence-electron chi connectivity index (χ2n) is 9.60. The Kier molecular flexibility index (Phi) is 6.07. The maximum Gasteiger partial charge on any atom is 0.255 e. The Morgan fingerprint density at radius 3 is 2.33 bits per heavy atom. The van der Waals surface area contributed by atoms with Gasteiger partial charge in [0, 0.05) is 23.1 Å². The van der Waals surface area contributed by atoms with Crippen LogP contribution in [0.15, 0.2) is 33.6 Å². The lowest BCUT2D eigenvalue weighted by molar-refractivity contribution is -0.148. The van der Waals surface area contributed by atoms with Gasteiger partial charge in [0.15, 0.2) is 27.8 Å². The van der Waals surface area contributed by atoms with E-state index in [-0.39, 0.29) is 40.0 Å². The van der Waals surface area contributed by atoms with Crippen molar-refractivity contribution in [2.45, 2.75) is 36.3 Å². The highest BCUT2D eigenvalue weighted by Crippen LogP contribution is 2.53. The van der Waals surface area contributed by atoms with Crippen molar-refractivity contribution in [3.63, 3.8) is 0 Å². The summed E-state index contributed by atoms with van der Waals surface area (Å²) >= 11 is -1.77. The first-order valence-corrected chi connectivity index (χ1v) is 12.6. The van der Waals surface area contributed by atoms with Gasteiger partial charge in [0.1, 0.15) is 23.3 Å². The smallest absolute Gasteiger partial charge is 0.255 e. The third-order valence-electron chi connectivity index (χ3n) is 7.38. The van der Waals surface area contributed by atoms with Gasteiger partial charge in [0.05, 0.1) is 11.6 Å². The summed E-state index contributed by atoms with van der Waals surface area (Å²) < 4.78 is 12.2. The molecule has 0 aliphatic heterocycles. The molecule has 0 saturated heterocycles. The van der Waals surface area contributed by atoms with Gasteiger partial charge in [-0.25, -0.2) is 0 Å². The Balaban J connectivity index is 2.01. The number of phenols is 1. The summed E-state index contributed by atoms with van der Waals surface area (Å²) in [7, 11) is 3.07. The fourth-order valence-electron chi connectivity index (χ4n) is 5.83. The number of Topliss-reactive ketones (excluding diaryl/α,β-unsaturated/α-hetero) is 3. The fraction of sp³-hybridized carbons (Fsp3) is 0.417. The molecule has 5 atom stereocenters. The number of aromatic hydroxyl groups is 1. The summed E-state index contributed by atoms with van der Waals surface area (Å²) in [4.78, 5) is 52.7. The Morgan fingerprint density at radius 1 is 1.22 bits per heavy atom. The van der Waals surface area contributed by atoms with Crippen molar-refractivity contribution in [2.24, 2.45) is 17.6 Å². The quantitative estimate of drug-likeness (QED) is 0.206. The number of aliphatic hydroxyl groups is 3. The van der Waals surface area contributed by atoms with E-state index in [1.165, 1.54) is 38.2 Å². The van der Waals surface area contributed by atoms with Crippen LogP contribution < -0.4 is 5.73 Å². The standard InChI is InChI=1S/C24H26N2O9S/c1-8(27)10-7-13(36(4)35)18(28)15-11(10)5-9-6-12-17(26(2)3)20(30)16(23(25)33)22(32)24(12,34)21(31)14(9)19(15)29/h7,9,12,17,28,30-31,34H,5-6H2,1-4H3,(H2,25,33). The zero-order valence-corrected chi connectivity index (χ0v) is 20.8. The number of amides is 1. The Hall–Kier alpha value is -3.19. The van der Waals surface area contributed by atoms with E-state index in [2.05, 4.69) is 0 Å². The van der Waals surface area contributed by atoms with Crippen molar-refractivity contribution in [1.82, 2.24) is 4.90 Å². The maximum atomic E-state index is 13.7. The van der Waals surface area contributed by atoms with Crippen molar-refractivity contribution in [3.05, 3.63) is 45.4 Å². The number of benzene rings is 1. The van der Waals surface area contributed by atoms with Crippen molar-refractivity contribution >= 4 is 34.4 Å². The lowest BCUT2D eigenvalue weighted by atomic mass is 9.58. The second kappa shape index (κ2) is 8.44. The van der Waals surface area contributed by atoms with Gasteiger partial charge in [-0.05, 0) is 56.5 Å². The summed E-state index contributed by atoms with van der Waals surface area (Å²) in [5.74, 6) is -8.27. The molecule has 11 nitrogen and oxygen atoms in total. The summed E-state index contributed by atoms with van der Waals surface area (Å²) in [6, 6.07) is 0.162. The van der Waals surface area contributed by atoms with E-state index in [1.54, 1.807) is 0 Å². The number of phenolic OH excluding ortho intramolecular Hbond substituents is 1. The highest BCUT2D eigenvalue weighted by Gasteiger charge is 2.63. The molecule has 1 amide bonds. The number of nitrogens with zero attached hydrogens (tertiary/aromatic N) is 1. The van der Waals surface area contributed by atoms with Crippen LogP contribution in [-0.2, 0) is 27.2 Å². The largest absolute Gasteiger partial charge is 0.612 e. The van der Waals surface area contributed by atoms with E-state index in [1.807, 2.05) is 0 Å². The van der Waals surface area contributed by atoms with Gasteiger partial charge in [-0.1, -0.05) is 0 Å². The minimum Gasteiger partial charge on any atom is -0.612 e. The van der Waals surface area contributed by atoms with Crippen LogP contribution in [0.3, 0.4) is 0 Å². The molecular weight excluding hydrogens is 492 g/mol. The predicted molar refractivity (Wildman–Crippen MR) is 126 cm³/mol. The van der Waals surface area contributed by atoms with E-state index < -0.39 is 80.8 Å². The third kappa shape index (κ3) is 3.32. The first-order valence-electron chi connectivity index (χ1n) is 11.0. The molecule has 5 unspecified atom stereocenters. The van der Waals surface area contributed by atoms with Crippen molar-refractivity contribution in [2.75, 3.05) is 20.4 Å². The molecule has 6 N–H and O–H groups in total. The van der Waals surface area contributed by atoms with E-state index in [9.17, 15) is 44.2 Å². The number of rotatable bonds is 4. The molecule has 36 heavy (non-hydrogen) atoms. The Morgan fingerprint density at radius 2 is 1.83 bits per heavy atom. The summed E-state index contributed by atoms with van der Waals surface area (Å²) in [6.45, 7) is 1.26. The molecule has 0 bridgehead atoms. The van der Waals surface area contributed by atoms with Gasteiger partial charge in [0.2, 0.25) is 5.78 Å². The molecule has 0 heterocycles. The number of carbonyl (C=O) groups is 4. The van der Waals surface area contributed by atoms with Crippen LogP contribution in [0.25, 0.3) is 0 Å². The number of likely N-dealkylation sites (N-methyl/N-ethyl adjacent to an activating group) is 1. The normalized spacial score (nSPS) is 28.6. The van der Waals surface area contributed by atoms with Crippen molar-refractivity contribution in [1.29, 1.82) is 0 Å². The van der Waals surface area contributed by atoms with Gasteiger partial charge in [-0.2, -0.15) is 0 Å². The van der Waals surface area contributed by atoms with Crippen LogP contribution in [0.2, 0.25) is 0 Å². The van der Waals surface area contributed by atoms with Crippen LogP contribution in [0.4, 0.5) is 0 Å². The van der Waals surface area contributed by atoms with Crippen LogP contribution in [0.5, 0.6) is 5.75 Å². The number of fused-ring (bicyclic) bond motifs is 3. The molecule has 3 aliphatic carbocycles. The van der Waals surface area contributed by atoms with Gasteiger partial charge >= 0.3 is 0 Å². The molecule has 0 spiro atoms. The fourth-order valence-corrected chi connectivity index (χ4v) is 6.49. The molecule has 0 radical (unpaired) electrons.